The molecule has 0 saturated carbocycles. The van der Waals surface area contributed by atoms with Gasteiger partial charge in [0.15, 0.2) is 0 Å². The van der Waals surface area contributed by atoms with Gasteiger partial charge in [0.05, 0.1) is 17.1 Å². The lowest BCUT2D eigenvalue weighted by Gasteiger charge is -2.33. The van der Waals surface area contributed by atoms with Crippen molar-refractivity contribution >= 4 is 12.4 Å². The van der Waals surface area contributed by atoms with Crippen LogP contribution in [-0.4, -0.2) is 45.9 Å². The third-order valence-electron chi connectivity index (χ3n) is 4.60. The maximum Gasteiger partial charge on any atom is 0.419 e. The van der Waals surface area contributed by atoms with Crippen LogP contribution in [0.1, 0.15) is 25.3 Å². The Kier molecular flexibility index (Phi) is 3.07. The summed E-state index contributed by atoms with van der Waals surface area (Å²) in [6.07, 6.45) is -0.424. The fraction of sp³-hybridized carbons (Fsp3) is 0.615. The van der Waals surface area contributed by atoms with E-state index in [4.69, 9.17) is 0 Å². The second-order valence-corrected chi connectivity index (χ2v) is 5.67. The van der Waals surface area contributed by atoms with E-state index < -0.39 is 11.7 Å². The van der Waals surface area contributed by atoms with E-state index in [1.54, 1.807) is 4.90 Å². The fourth-order valence-corrected chi connectivity index (χ4v) is 3.35. The third kappa shape index (κ3) is 2.13. The summed E-state index contributed by atoms with van der Waals surface area (Å²) in [6.45, 7) is 3.29. The summed E-state index contributed by atoms with van der Waals surface area (Å²) in [4.78, 5) is 22.5. The summed E-state index contributed by atoms with van der Waals surface area (Å²) in [6, 6.07) is 0.0550. The van der Waals surface area contributed by atoms with Gasteiger partial charge >= 0.3 is 6.18 Å². The number of rotatable bonds is 2. The van der Waals surface area contributed by atoms with Gasteiger partial charge in [-0.3, -0.25) is 4.79 Å². The third-order valence-corrected chi connectivity index (χ3v) is 4.60. The molecule has 21 heavy (non-hydrogen) atoms. The van der Waals surface area contributed by atoms with Crippen molar-refractivity contribution in [1.82, 2.24) is 14.9 Å². The lowest BCUT2D eigenvalue weighted by molar-refractivity contribution is -0.138. The minimum atomic E-state index is -4.43. The van der Waals surface area contributed by atoms with Crippen LogP contribution < -0.4 is 4.90 Å². The highest BCUT2D eigenvalue weighted by atomic mass is 19.4. The first-order valence-corrected chi connectivity index (χ1v) is 6.74. The largest absolute Gasteiger partial charge is 0.419 e. The van der Waals surface area contributed by atoms with Crippen LogP contribution in [0.15, 0.2) is 12.4 Å². The van der Waals surface area contributed by atoms with Crippen molar-refractivity contribution in [2.75, 3.05) is 18.0 Å². The Morgan fingerprint density at radius 3 is 2.57 bits per heavy atom. The van der Waals surface area contributed by atoms with Crippen LogP contribution in [-0.2, 0) is 11.0 Å². The zero-order valence-electron chi connectivity index (χ0n) is 11.5. The van der Waals surface area contributed by atoms with Gasteiger partial charge in [-0.2, -0.15) is 13.2 Å². The van der Waals surface area contributed by atoms with E-state index in [2.05, 4.69) is 9.97 Å². The van der Waals surface area contributed by atoms with Gasteiger partial charge in [-0.25, -0.2) is 9.97 Å². The molecular weight excluding hydrogens is 285 g/mol. The van der Waals surface area contributed by atoms with Crippen molar-refractivity contribution < 1.29 is 18.0 Å². The van der Waals surface area contributed by atoms with Gasteiger partial charge in [-0.15, -0.1) is 0 Å². The first-order chi connectivity index (χ1) is 9.86. The number of fused-ring (bicyclic) bond motifs is 1. The van der Waals surface area contributed by atoms with Crippen LogP contribution in [0.4, 0.5) is 19.1 Å². The molecule has 1 aromatic heterocycles. The van der Waals surface area contributed by atoms with Crippen molar-refractivity contribution in [3.63, 3.8) is 0 Å². The molecule has 2 aliphatic heterocycles. The molecule has 2 fully saturated rings. The minimum absolute atomic E-state index is 0.0550. The molecule has 2 atom stereocenters. The Balaban J connectivity index is 1.84. The average Bonchev–Trinajstić information content (AvgIpc) is 2.92. The first-order valence-electron chi connectivity index (χ1n) is 6.74. The Morgan fingerprint density at radius 1 is 1.33 bits per heavy atom. The van der Waals surface area contributed by atoms with Gasteiger partial charge in [0.2, 0.25) is 12.4 Å². The summed E-state index contributed by atoms with van der Waals surface area (Å²) in [5.74, 6) is 0.296. The number of anilines is 1. The number of hydrogen-bond acceptors (Lipinski definition) is 4. The quantitative estimate of drug-likeness (QED) is 0.780. The lowest BCUT2D eigenvalue weighted by Crippen LogP contribution is -2.47. The maximum atomic E-state index is 12.5. The van der Waals surface area contributed by atoms with Gasteiger partial charge in [0.25, 0.3) is 0 Å². The van der Waals surface area contributed by atoms with Crippen molar-refractivity contribution in [2.45, 2.75) is 37.5 Å². The molecule has 0 aliphatic carbocycles. The molecule has 0 aromatic carbocycles. The van der Waals surface area contributed by atoms with E-state index in [0.717, 1.165) is 31.6 Å². The number of amides is 1. The summed E-state index contributed by atoms with van der Waals surface area (Å²) in [5, 5.41) is 0. The molecule has 114 valence electrons. The zero-order chi connectivity index (χ0) is 15.3. The minimum Gasteiger partial charge on any atom is -0.338 e. The Hall–Kier alpha value is -1.86. The predicted octanol–water partition coefficient (Wildman–Crippen LogP) is 1.69. The van der Waals surface area contributed by atoms with Crippen LogP contribution in [0.2, 0.25) is 0 Å². The molecule has 5 nitrogen and oxygen atoms in total. The van der Waals surface area contributed by atoms with E-state index in [1.807, 2.05) is 11.8 Å². The first kappa shape index (κ1) is 14.1. The molecule has 0 N–H and O–H groups in total. The van der Waals surface area contributed by atoms with Crippen LogP contribution in [0.5, 0.6) is 0 Å². The standard InChI is InChI=1S/C13H15F3N4O/c1-12-3-5-20(10(12)2-4-19(12)8-21)11-17-6-9(7-18-11)13(14,15)16/h6-8,10H,2-5H2,1H3. The molecule has 3 rings (SSSR count). The molecule has 2 aliphatic rings. The second kappa shape index (κ2) is 4.57. The molecule has 2 unspecified atom stereocenters. The lowest BCUT2D eigenvalue weighted by atomic mass is 9.94. The Bertz CT molecular complexity index is 547. The predicted molar refractivity (Wildman–Crippen MR) is 68.6 cm³/mol. The van der Waals surface area contributed by atoms with Gasteiger partial charge < -0.3 is 9.80 Å². The van der Waals surface area contributed by atoms with Crippen molar-refractivity contribution in [3.8, 4) is 0 Å². The molecule has 0 bridgehead atoms. The van der Waals surface area contributed by atoms with E-state index in [1.165, 1.54) is 0 Å². The number of alkyl halides is 3. The highest BCUT2D eigenvalue weighted by Crippen LogP contribution is 2.41. The smallest absolute Gasteiger partial charge is 0.338 e. The molecule has 1 amide bonds. The fourth-order valence-electron chi connectivity index (χ4n) is 3.35. The molecule has 0 radical (unpaired) electrons. The van der Waals surface area contributed by atoms with Crippen LogP contribution in [0.3, 0.4) is 0 Å². The van der Waals surface area contributed by atoms with Gasteiger partial charge in [0.1, 0.15) is 0 Å². The van der Waals surface area contributed by atoms with E-state index in [-0.39, 0.29) is 11.6 Å². The molecule has 2 saturated heterocycles. The zero-order valence-corrected chi connectivity index (χ0v) is 11.5. The highest BCUT2D eigenvalue weighted by Gasteiger charge is 2.52. The van der Waals surface area contributed by atoms with Gasteiger partial charge in [-0.1, -0.05) is 0 Å². The van der Waals surface area contributed by atoms with Crippen molar-refractivity contribution in [3.05, 3.63) is 18.0 Å². The topological polar surface area (TPSA) is 49.3 Å². The van der Waals surface area contributed by atoms with Crippen molar-refractivity contribution in [2.24, 2.45) is 0 Å². The number of aromatic nitrogens is 2. The van der Waals surface area contributed by atoms with E-state index >= 15 is 0 Å². The van der Waals surface area contributed by atoms with Gasteiger partial charge in [0, 0.05) is 25.5 Å². The second-order valence-electron chi connectivity index (χ2n) is 5.67. The summed E-state index contributed by atoms with van der Waals surface area (Å²) >= 11 is 0. The summed E-state index contributed by atoms with van der Waals surface area (Å²) < 4.78 is 37.6. The number of halogens is 3. The molecular formula is C13H15F3N4O. The molecule has 1 aromatic rings. The SMILES string of the molecule is CC12CCN(c3ncc(C(F)(F)F)cn3)C1CCN2C=O. The van der Waals surface area contributed by atoms with Crippen LogP contribution in [0.25, 0.3) is 0 Å². The van der Waals surface area contributed by atoms with Gasteiger partial charge in [-0.05, 0) is 19.8 Å². The van der Waals surface area contributed by atoms with Crippen molar-refractivity contribution in [1.29, 1.82) is 0 Å². The number of hydrogen-bond donors (Lipinski definition) is 0. The molecule has 0 spiro atoms. The maximum absolute atomic E-state index is 12.5. The summed E-state index contributed by atoms with van der Waals surface area (Å²) in [5.41, 5.74) is -1.14. The molecule has 3 heterocycles. The number of carbonyl (C=O) groups excluding carboxylic acids is 1. The Morgan fingerprint density at radius 2 is 2.00 bits per heavy atom. The monoisotopic (exact) mass is 300 g/mol. The summed E-state index contributed by atoms with van der Waals surface area (Å²) in [7, 11) is 0. The van der Waals surface area contributed by atoms with E-state index in [0.29, 0.717) is 19.0 Å². The highest BCUT2D eigenvalue weighted by molar-refractivity contribution is 5.53. The normalized spacial score (nSPS) is 28.9. The molecule has 8 heteroatoms. The average molecular weight is 300 g/mol. The van der Waals surface area contributed by atoms with Crippen LogP contribution >= 0.6 is 0 Å². The van der Waals surface area contributed by atoms with E-state index in [9.17, 15) is 18.0 Å². The number of nitrogens with zero attached hydrogens (tertiary/aromatic N) is 4. The number of likely N-dealkylation sites (tertiary alicyclic amines) is 1. The van der Waals surface area contributed by atoms with Crippen LogP contribution in [0, 0.1) is 0 Å². The number of carbonyl (C=O) groups is 1. The Labute approximate surface area is 119 Å².